The summed E-state index contributed by atoms with van der Waals surface area (Å²) in [6, 6.07) is 1.50. The highest BCUT2D eigenvalue weighted by molar-refractivity contribution is 9.10. The first kappa shape index (κ1) is 8.00. The second-order valence-corrected chi connectivity index (χ2v) is 2.89. The quantitative estimate of drug-likeness (QED) is 0.469. The molecule has 4 N–H and O–H groups in total. The molecule has 1 heterocycles. The van der Waals surface area contributed by atoms with Crippen LogP contribution in [0.4, 0.5) is 0 Å². The molecule has 1 rings (SSSR count). The molecule has 0 aromatic carbocycles. The number of amidine groups is 1. The summed E-state index contributed by atoms with van der Waals surface area (Å²) >= 11 is 3.14. The van der Waals surface area contributed by atoms with Gasteiger partial charge in [-0.1, -0.05) is 0 Å². The van der Waals surface area contributed by atoms with Gasteiger partial charge in [-0.25, -0.2) is 0 Å². The predicted octanol–water partition coefficient (Wildman–Crippen LogP) is 0.421. The van der Waals surface area contributed by atoms with Gasteiger partial charge in [0.1, 0.15) is 5.84 Å². The van der Waals surface area contributed by atoms with E-state index in [-0.39, 0.29) is 17.0 Å². The van der Waals surface area contributed by atoms with Crippen molar-refractivity contribution in [2.75, 3.05) is 0 Å². The monoisotopic (exact) mass is 215 g/mol. The zero-order valence-electron chi connectivity index (χ0n) is 5.52. The van der Waals surface area contributed by atoms with Crippen molar-refractivity contribution in [3.05, 3.63) is 32.7 Å². The molecule has 5 heteroatoms. The molecule has 58 valence electrons. The van der Waals surface area contributed by atoms with Gasteiger partial charge in [-0.05, 0) is 22.0 Å². The van der Waals surface area contributed by atoms with E-state index in [9.17, 15) is 4.79 Å². The van der Waals surface area contributed by atoms with Gasteiger partial charge in [0.2, 0.25) is 0 Å². The zero-order valence-corrected chi connectivity index (χ0v) is 7.10. The molecular weight excluding hydrogens is 210 g/mol. The van der Waals surface area contributed by atoms with Gasteiger partial charge < -0.3 is 10.7 Å². The Morgan fingerprint density at radius 3 is 2.82 bits per heavy atom. The second-order valence-electron chi connectivity index (χ2n) is 1.97. The summed E-state index contributed by atoms with van der Waals surface area (Å²) < 4.78 is 0.697. The van der Waals surface area contributed by atoms with Crippen molar-refractivity contribution in [1.82, 2.24) is 4.98 Å². The third-order valence-corrected chi connectivity index (χ3v) is 1.62. The molecule has 0 saturated heterocycles. The molecule has 0 aliphatic rings. The van der Waals surface area contributed by atoms with Gasteiger partial charge >= 0.3 is 0 Å². The number of hydrogen-bond donors (Lipinski definition) is 3. The van der Waals surface area contributed by atoms with E-state index in [4.69, 9.17) is 11.1 Å². The summed E-state index contributed by atoms with van der Waals surface area (Å²) in [5.74, 6) is -0.229. The minimum absolute atomic E-state index is 0.180. The van der Waals surface area contributed by atoms with E-state index in [1.165, 1.54) is 12.3 Å². The van der Waals surface area contributed by atoms with E-state index >= 15 is 0 Å². The first-order valence-electron chi connectivity index (χ1n) is 2.84. The zero-order chi connectivity index (χ0) is 8.43. The fourth-order valence-corrected chi connectivity index (χ4v) is 1.00. The number of aromatic amines is 1. The Balaban J connectivity index is 3.35. The van der Waals surface area contributed by atoms with Crippen LogP contribution < -0.4 is 11.3 Å². The third kappa shape index (κ3) is 1.68. The van der Waals surface area contributed by atoms with Gasteiger partial charge in [-0.3, -0.25) is 10.2 Å². The molecule has 0 bridgehead atoms. The van der Waals surface area contributed by atoms with Crippen LogP contribution in [-0.4, -0.2) is 10.8 Å². The lowest BCUT2D eigenvalue weighted by Crippen LogP contribution is -2.22. The molecule has 4 nitrogen and oxygen atoms in total. The van der Waals surface area contributed by atoms with Crippen LogP contribution >= 0.6 is 15.9 Å². The highest BCUT2D eigenvalue weighted by atomic mass is 79.9. The van der Waals surface area contributed by atoms with E-state index < -0.39 is 0 Å². The third-order valence-electron chi connectivity index (χ3n) is 1.16. The van der Waals surface area contributed by atoms with Crippen molar-refractivity contribution < 1.29 is 0 Å². The molecule has 0 amide bonds. The van der Waals surface area contributed by atoms with Crippen molar-refractivity contribution in [1.29, 1.82) is 5.41 Å². The van der Waals surface area contributed by atoms with E-state index in [0.717, 1.165) is 0 Å². The largest absolute Gasteiger partial charge is 0.384 e. The SMILES string of the molecule is N=C(N)c1cc(Br)c[nH]c1=O. The summed E-state index contributed by atoms with van der Waals surface area (Å²) in [5.41, 5.74) is 4.96. The van der Waals surface area contributed by atoms with Crippen molar-refractivity contribution >= 4 is 21.8 Å². The lowest BCUT2D eigenvalue weighted by atomic mass is 10.3. The average Bonchev–Trinajstić information content (AvgIpc) is 1.94. The van der Waals surface area contributed by atoms with E-state index in [1.807, 2.05) is 0 Å². The van der Waals surface area contributed by atoms with Gasteiger partial charge in [0.25, 0.3) is 5.56 Å². The maximum Gasteiger partial charge on any atom is 0.258 e. The Hall–Kier alpha value is -1.10. The maximum absolute atomic E-state index is 10.9. The second kappa shape index (κ2) is 2.87. The topological polar surface area (TPSA) is 82.7 Å². The van der Waals surface area contributed by atoms with E-state index in [2.05, 4.69) is 20.9 Å². The van der Waals surface area contributed by atoms with Crippen molar-refractivity contribution in [3.63, 3.8) is 0 Å². The Labute approximate surface area is 71.1 Å². The minimum Gasteiger partial charge on any atom is -0.384 e. The summed E-state index contributed by atoms with van der Waals surface area (Å²) in [4.78, 5) is 13.3. The Morgan fingerprint density at radius 2 is 2.36 bits per heavy atom. The number of aromatic nitrogens is 1. The smallest absolute Gasteiger partial charge is 0.258 e. The van der Waals surface area contributed by atoms with Gasteiger partial charge in [0.15, 0.2) is 0 Å². The Kier molecular flexibility index (Phi) is 2.09. The summed E-state index contributed by atoms with van der Waals surface area (Å²) in [7, 11) is 0. The number of rotatable bonds is 1. The average molecular weight is 216 g/mol. The lowest BCUT2D eigenvalue weighted by Gasteiger charge is -1.95. The van der Waals surface area contributed by atoms with Gasteiger partial charge in [0.05, 0.1) is 5.56 Å². The first-order chi connectivity index (χ1) is 5.11. The van der Waals surface area contributed by atoms with Crippen LogP contribution in [0.2, 0.25) is 0 Å². The van der Waals surface area contributed by atoms with Crippen molar-refractivity contribution in [2.45, 2.75) is 0 Å². The molecule has 0 saturated carbocycles. The molecule has 0 fully saturated rings. The number of hydrogen-bond acceptors (Lipinski definition) is 2. The lowest BCUT2D eigenvalue weighted by molar-refractivity contribution is 1.20. The highest BCUT2D eigenvalue weighted by Crippen LogP contribution is 2.05. The molecule has 0 atom stereocenters. The van der Waals surface area contributed by atoms with Crippen LogP contribution in [0.15, 0.2) is 21.5 Å². The molecule has 0 spiro atoms. The Bertz CT molecular complexity index is 344. The van der Waals surface area contributed by atoms with Crippen LogP contribution in [0.1, 0.15) is 5.56 Å². The highest BCUT2D eigenvalue weighted by Gasteiger charge is 2.01. The van der Waals surface area contributed by atoms with Gasteiger partial charge in [0, 0.05) is 10.7 Å². The number of nitrogens with one attached hydrogen (secondary N) is 2. The fourth-order valence-electron chi connectivity index (χ4n) is 0.657. The van der Waals surface area contributed by atoms with Crippen LogP contribution in [0.3, 0.4) is 0 Å². The Morgan fingerprint density at radius 1 is 1.73 bits per heavy atom. The normalized spacial score (nSPS) is 9.55. The number of halogens is 1. The van der Waals surface area contributed by atoms with Gasteiger partial charge in [-0.15, -0.1) is 0 Å². The van der Waals surface area contributed by atoms with Gasteiger partial charge in [-0.2, -0.15) is 0 Å². The van der Waals surface area contributed by atoms with Crippen LogP contribution in [0.5, 0.6) is 0 Å². The molecule has 0 aliphatic heterocycles. The number of H-pyrrole nitrogens is 1. The minimum atomic E-state index is -0.347. The predicted molar refractivity (Wildman–Crippen MR) is 45.8 cm³/mol. The molecule has 11 heavy (non-hydrogen) atoms. The summed E-state index contributed by atoms with van der Waals surface area (Å²) in [6.45, 7) is 0. The fraction of sp³-hybridized carbons (Fsp3) is 0. The summed E-state index contributed by atoms with van der Waals surface area (Å²) in [6.07, 6.45) is 1.49. The molecule has 1 aromatic rings. The summed E-state index contributed by atoms with van der Waals surface area (Å²) in [5, 5.41) is 7.01. The number of pyridine rings is 1. The van der Waals surface area contributed by atoms with E-state index in [0.29, 0.717) is 4.47 Å². The van der Waals surface area contributed by atoms with Crippen LogP contribution in [0, 0.1) is 5.41 Å². The van der Waals surface area contributed by atoms with Crippen molar-refractivity contribution in [2.24, 2.45) is 5.73 Å². The number of nitrogens with two attached hydrogens (primary N) is 1. The maximum atomic E-state index is 10.9. The molecular formula is C6H6BrN3O. The molecule has 0 aliphatic carbocycles. The van der Waals surface area contributed by atoms with Crippen molar-refractivity contribution in [3.8, 4) is 0 Å². The molecule has 0 unspecified atom stereocenters. The van der Waals surface area contributed by atoms with Crippen LogP contribution in [0.25, 0.3) is 0 Å². The molecule has 0 radical (unpaired) electrons. The van der Waals surface area contributed by atoms with E-state index in [1.54, 1.807) is 0 Å². The molecule has 1 aromatic heterocycles. The van der Waals surface area contributed by atoms with Crippen LogP contribution in [-0.2, 0) is 0 Å². The standard InChI is InChI=1S/C6H6BrN3O/c7-3-1-4(5(8)9)6(11)10-2-3/h1-2H,(H3,8,9)(H,10,11). The number of nitrogen functional groups attached to an aromatic ring is 1. The first-order valence-corrected chi connectivity index (χ1v) is 3.63.